The van der Waals surface area contributed by atoms with E-state index in [9.17, 15) is 4.39 Å². The second kappa shape index (κ2) is 4.43. The number of rotatable bonds is 2. The van der Waals surface area contributed by atoms with E-state index in [2.05, 4.69) is 15.9 Å². The van der Waals surface area contributed by atoms with Crippen molar-refractivity contribution in [2.24, 2.45) is 0 Å². The van der Waals surface area contributed by atoms with Crippen LogP contribution in [-0.4, -0.2) is 4.83 Å². The molecule has 0 bridgehead atoms. The molecule has 0 radical (unpaired) electrons. The van der Waals surface area contributed by atoms with Gasteiger partial charge in [-0.3, -0.25) is 0 Å². The summed E-state index contributed by atoms with van der Waals surface area (Å²) >= 11 is 9.40. The second-order valence-corrected chi connectivity index (χ2v) is 4.98. The third kappa shape index (κ3) is 2.68. The minimum atomic E-state index is -0.237. The highest BCUT2D eigenvalue weighted by atomic mass is 79.9. The Labute approximate surface area is 91.2 Å². The highest BCUT2D eigenvalue weighted by Gasteiger charge is 2.14. The number of halogens is 3. The summed E-state index contributed by atoms with van der Waals surface area (Å²) in [6.45, 7) is 4.03. The van der Waals surface area contributed by atoms with Crippen molar-refractivity contribution in [3.8, 4) is 0 Å². The first-order chi connectivity index (χ1) is 6.02. The molecule has 0 N–H and O–H groups in total. The molecule has 0 fully saturated rings. The van der Waals surface area contributed by atoms with Crippen molar-refractivity contribution >= 4 is 27.5 Å². The maximum atomic E-state index is 12.9. The second-order valence-electron chi connectivity index (χ2n) is 3.13. The molecule has 1 aromatic rings. The van der Waals surface area contributed by atoms with Crippen molar-refractivity contribution < 1.29 is 4.39 Å². The summed E-state index contributed by atoms with van der Waals surface area (Å²) in [5, 5.41) is 0.625. The molecular weight excluding hydrogens is 254 g/mol. The topological polar surface area (TPSA) is 0 Å². The molecule has 0 amide bonds. The van der Waals surface area contributed by atoms with Crippen LogP contribution in [0.25, 0.3) is 0 Å². The molecule has 1 aromatic carbocycles. The number of alkyl halides is 1. The lowest BCUT2D eigenvalue weighted by atomic mass is 9.98. The highest BCUT2D eigenvalue weighted by Crippen LogP contribution is 2.30. The van der Waals surface area contributed by atoms with E-state index in [1.807, 2.05) is 13.8 Å². The minimum Gasteiger partial charge on any atom is -0.207 e. The van der Waals surface area contributed by atoms with E-state index in [1.54, 1.807) is 6.07 Å². The number of hydrogen-bond acceptors (Lipinski definition) is 0. The van der Waals surface area contributed by atoms with E-state index >= 15 is 0 Å². The fourth-order valence-electron chi connectivity index (χ4n) is 1.11. The maximum absolute atomic E-state index is 12.9. The van der Waals surface area contributed by atoms with Crippen LogP contribution in [0.5, 0.6) is 0 Å². The average Bonchev–Trinajstić information content (AvgIpc) is 2.08. The fourth-order valence-corrected chi connectivity index (χ4v) is 1.69. The fraction of sp³-hybridized carbons (Fsp3) is 0.400. The Balaban J connectivity index is 3.05. The lowest BCUT2D eigenvalue weighted by molar-refractivity contribution is 0.621. The zero-order valence-electron chi connectivity index (χ0n) is 7.52. The van der Waals surface area contributed by atoms with E-state index in [0.717, 1.165) is 5.56 Å². The minimum absolute atomic E-state index is 0.211. The Morgan fingerprint density at radius 3 is 2.54 bits per heavy atom. The van der Waals surface area contributed by atoms with Crippen LogP contribution in [0.15, 0.2) is 18.2 Å². The van der Waals surface area contributed by atoms with E-state index in [-0.39, 0.29) is 16.6 Å². The summed E-state index contributed by atoms with van der Waals surface area (Å²) in [5.74, 6) is -0.0254. The Hall–Kier alpha value is -0.0800. The van der Waals surface area contributed by atoms with Gasteiger partial charge in [0.05, 0.1) is 0 Å². The molecule has 0 saturated carbocycles. The third-order valence-electron chi connectivity index (χ3n) is 2.14. The molecule has 72 valence electrons. The average molecular weight is 266 g/mol. The van der Waals surface area contributed by atoms with Crippen LogP contribution in [0.4, 0.5) is 4.39 Å². The van der Waals surface area contributed by atoms with Crippen molar-refractivity contribution in [1.82, 2.24) is 0 Å². The van der Waals surface area contributed by atoms with Gasteiger partial charge >= 0.3 is 0 Å². The summed E-state index contributed by atoms with van der Waals surface area (Å²) < 4.78 is 12.9. The van der Waals surface area contributed by atoms with Gasteiger partial charge in [0.25, 0.3) is 0 Å². The molecule has 0 heterocycles. The van der Waals surface area contributed by atoms with Gasteiger partial charge in [-0.1, -0.05) is 41.4 Å². The molecule has 2 atom stereocenters. The van der Waals surface area contributed by atoms with Gasteiger partial charge < -0.3 is 0 Å². The van der Waals surface area contributed by atoms with Crippen LogP contribution in [0, 0.1) is 5.82 Å². The molecule has 0 aromatic heterocycles. The molecule has 0 aliphatic rings. The molecule has 0 aliphatic carbocycles. The lowest BCUT2D eigenvalue weighted by Crippen LogP contribution is -2.05. The SMILES string of the molecule is CC(Br)C(C)c1cc(F)ccc1Cl. The normalized spacial score (nSPS) is 15.5. The zero-order chi connectivity index (χ0) is 10.0. The smallest absolute Gasteiger partial charge is 0.123 e. The van der Waals surface area contributed by atoms with E-state index in [0.29, 0.717) is 5.02 Å². The monoisotopic (exact) mass is 264 g/mol. The summed E-state index contributed by atoms with van der Waals surface area (Å²) in [6, 6.07) is 4.46. The Morgan fingerprint density at radius 2 is 2.00 bits per heavy atom. The van der Waals surface area contributed by atoms with Gasteiger partial charge in [0.1, 0.15) is 5.82 Å². The molecule has 3 heteroatoms. The largest absolute Gasteiger partial charge is 0.207 e. The van der Waals surface area contributed by atoms with E-state index in [4.69, 9.17) is 11.6 Å². The standard InChI is InChI=1S/C10H11BrClF/c1-6(7(2)11)9-5-8(13)3-4-10(9)12/h3-7H,1-2H3. The van der Waals surface area contributed by atoms with Crippen molar-refractivity contribution in [3.63, 3.8) is 0 Å². The summed E-state index contributed by atoms with van der Waals surface area (Å²) in [5.41, 5.74) is 0.853. The number of benzene rings is 1. The van der Waals surface area contributed by atoms with Crippen molar-refractivity contribution in [2.45, 2.75) is 24.6 Å². The molecule has 13 heavy (non-hydrogen) atoms. The first kappa shape index (κ1) is 11.0. The molecule has 2 unspecified atom stereocenters. The van der Waals surface area contributed by atoms with Gasteiger partial charge in [0, 0.05) is 9.85 Å². The summed E-state index contributed by atoms with van der Waals surface area (Å²) in [6.07, 6.45) is 0. The number of hydrogen-bond donors (Lipinski definition) is 0. The van der Waals surface area contributed by atoms with Crippen LogP contribution >= 0.6 is 27.5 Å². The summed E-state index contributed by atoms with van der Waals surface area (Å²) in [4.78, 5) is 0.284. The van der Waals surface area contributed by atoms with E-state index < -0.39 is 0 Å². The Kier molecular flexibility index (Phi) is 3.74. The van der Waals surface area contributed by atoms with Crippen LogP contribution in [0.3, 0.4) is 0 Å². The highest BCUT2D eigenvalue weighted by molar-refractivity contribution is 9.09. The quantitative estimate of drug-likeness (QED) is 0.697. The van der Waals surface area contributed by atoms with Crippen molar-refractivity contribution in [1.29, 1.82) is 0 Å². The van der Waals surface area contributed by atoms with Crippen molar-refractivity contribution in [2.75, 3.05) is 0 Å². The lowest BCUT2D eigenvalue weighted by Gasteiger charge is -2.15. The predicted octanol–water partition coefficient (Wildman–Crippen LogP) is 4.37. The Bertz CT molecular complexity index is 299. The van der Waals surface area contributed by atoms with Crippen LogP contribution < -0.4 is 0 Å². The van der Waals surface area contributed by atoms with Crippen molar-refractivity contribution in [3.05, 3.63) is 34.6 Å². The van der Waals surface area contributed by atoms with Gasteiger partial charge in [0.2, 0.25) is 0 Å². The van der Waals surface area contributed by atoms with Crippen LogP contribution in [-0.2, 0) is 0 Å². The first-order valence-corrected chi connectivity index (χ1v) is 5.40. The van der Waals surface area contributed by atoms with Gasteiger partial charge in [0.15, 0.2) is 0 Å². The molecule has 0 aliphatic heterocycles. The van der Waals surface area contributed by atoms with Gasteiger partial charge in [-0.05, 0) is 29.7 Å². The molecule has 1 rings (SSSR count). The van der Waals surface area contributed by atoms with Gasteiger partial charge in [-0.15, -0.1) is 0 Å². The predicted molar refractivity (Wildman–Crippen MR) is 58.2 cm³/mol. The maximum Gasteiger partial charge on any atom is 0.123 e. The molecule has 0 nitrogen and oxygen atoms in total. The molecule has 0 spiro atoms. The van der Waals surface area contributed by atoms with Crippen LogP contribution in [0.1, 0.15) is 25.3 Å². The van der Waals surface area contributed by atoms with Gasteiger partial charge in [-0.25, -0.2) is 4.39 Å². The third-order valence-corrected chi connectivity index (χ3v) is 3.27. The first-order valence-electron chi connectivity index (χ1n) is 4.11. The Morgan fingerprint density at radius 1 is 1.38 bits per heavy atom. The van der Waals surface area contributed by atoms with Crippen LogP contribution in [0.2, 0.25) is 5.02 Å². The zero-order valence-corrected chi connectivity index (χ0v) is 9.86. The molecule has 0 saturated heterocycles. The van der Waals surface area contributed by atoms with Gasteiger partial charge in [-0.2, -0.15) is 0 Å². The summed E-state index contributed by atoms with van der Waals surface area (Å²) in [7, 11) is 0. The molecular formula is C10H11BrClF. The van der Waals surface area contributed by atoms with E-state index in [1.165, 1.54) is 12.1 Å².